The topological polar surface area (TPSA) is 59.0 Å². The van der Waals surface area contributed by atoms with Crippen LogP contribution in [0.15, 0.2) is 43.2 Å². The lowest BCUT2D eigenvalue weighted by Gasteiger charge is -2.07. The maximum Gasteiger partial charge on any atom is 0.315 e. The highest BCUT2D eigenvalue weighted by Gasteiger charge is 2.01. The Hall–Kier alpha value is -2.30. The molecule has 2 rings (SSSR count). The number of nitrogens with one attached hydrogen (secondary N) is 2. The van der Waals surface area contributed by atoms with E-state index in [1.165, 1.54) is 0 Å². The van der Waals surface area contributed by atoms with Gasteiger partial charge in [0.1, 0.15) is 5.65 Å². The average molecular weight is 258 g/mol. The van der Waals surface area contributed by atoms with E-state index < -0.39 is 0 Å². The minimum absolute atomic E-state index is 0.157. The molecule has 2 aromatic heterocycles. The predicted octanol–water partition coefficient (Wildman–Crippen LogP) is 1.91. The Bertz CT molecular complexity index is 561. The first-order valence-corrected chi connectivity index (χ1v) is 6.33. The van der Waals surface area contributed by atoms with Crippen molar-refractivity contribution in [1.29, 1.82) is 0 Å². The zero-order valence-corrected chi connectivity index (χ0v) is 10.8. The van der Waals surface area contributed by atoms with Gasteiger partial charge in [-0.1, -0.05) is 6.08 Å². The highest BCUT2D eigenvalue weighted by atomic mass is 16.2. The Morgan fingerprint density at radius 2 is 2.32 bits per heavy atom. The van der Waals surface area contributed by atoms with E-state index in [0.717, 1.165) is 24.0 Å². The minimum Gasteiger partial charge on any atom is -0.338 e. The molecule has 0 spiro atoms. The smallest absolute Gasteiger partial charge is 0.315 e. The van der Waals surface area contributed by atoms with E-state index >= 15 is 0 Å². The molecule has 0 unspecified atom stereocenters. The molecule has 0 aliphatic rings. The number of hydrogen-bond acceptors (Lipinski definition) is 2. The predicted molar refractivity (Wildman–Crippen MR) is 75.9 cm³/mol. The molecule has 0 aliphatic heterocycles. The van der Waals surface area contributed by atoms with Gasteiger partial charge in [0.05, 0.1) is 0 Å². The minimum atomic E-state index is -0.157. The molecule has 5 heteroatoms. The van der Waals surface area contributed by atoms with Crippen LogP contribution < -0.4 is 10.6 Å². The van der Waals surface area contributed by atoms with E-state index in [9.17, 15) is 4.79 Å². The molecule has 0 aliphatic carbocycles. The Kier molecular flexibility index (Phi) is 4.55. The van der Waals surface area contributed by atoms with Crippen molar-refractivity contribution in [2.24, 2.45) is 0 Å². The van der Waals surface area contributed by atoms with Crippen molar-refractivity contribution in [3.05, 3.63) is 43.2 Å². The normalized spacial score (nSPS) is 10.3. The third-order valence-electron chi connectivity index (χ3n) is 2.79. The molecule has 2 N–H and O–H groups in total. The molecule has 0 fully saturated rings. The van der Waals surface area contributed by atoms with Crippen LogP contribution in [0.2, 0.25) is 0 Å². The largest absolute Gasteiger partial charge is 0.338 e. The van der Waals surface area contributed by atoms with Gasteiger partial charge in [-0.3, -0.25) is 0 Å². The summed E-state index contributed by atoms with van der Waals surface area (Å²) in [6, 6.07) is 5.86. The van der Waals surface area contributed by atoms with Gasteiger partial charge in [-0.15, -0.1) is 6.58 Å². The number of aryl methyl sites for hydroxylation is 1. The zero-order chi connectivity index (χ0) is 13.5. The molecule has 2 heterocycles. The van der Waals surface area contributed by atoms with Gasteiger partial charge in [-0.05, 0) is 24.6 Å². The SMILES string of the molecule is C=CCNC(=O)NCCCn1ccc2cccnc21. The fourth-order valence-electron chi connectivity index (χ4n) is 1.88. The lowest BCUT2D eigenvalue weighted by atomic mass is 10.3. The van der Waals surface area contributed by atoms with Crippen molar-refractivity contribution in [3.63, 3.8) is 0 Å². The first-order chi connectivity index (χ1) is 9.31. The van der Waals surface area contributed by atoms with Crippen LogP contribution in [-0.4, -0.2) is 28.7 Å². The van der Waals surface area contributed by atoms with E-state index in [0.29, 0.717) is 13.1 Å². The molecule has 2 amide bonds. The summed E-state index contributed by atoms with van der Waals surface area (Å²) in [6.45, 7) is 5.49. The van der Waals surface area contributed by atoms with Crippen molar-refractivity contribution in [1.82, 2.24) is 20.2 Å². The van der Waals surface area contributed by atoms with Crippen molar-refractivity contribution < 1.29 is 4.79 Å². The number of carbonyl (C=O) groups is 1. The maximum atomic E-state index is 11.3. The van der Waals surface area contributed by atoms with Crippen LogP contribution >= 0.6 is 0 Å². The second-order valence-corrected chi connectivity index (χ2v) is 4.20. The van der Waals surface area contributed by atoms with Crippen molar-refractivity contribution in [2.75, 3.05) is 13.1 Å². The van der Waals surface area contributed by atoms with Gasteiger partial charge in [0.2, 0.25) is 0 Å². The Morgan fingerprint density at radius 3 is 3.16 bits per heavy atom. The fourth-order valence-corrected chi connectivity index (χ4v) is 1.88. The van der Waals surface area contributed by atoms with Crippen LogP contribution in [0.25, 0.3) is 11.0 Å². The first-order valence-electron chi connectivity index (χ1n) is 6.33. The van der Waals surface area contributed by atoms with E-state index in [1.54, 1.807) is 12.3 Å². The molecule has 0 atom stereocenters. The highest BCUT2D eigenvalue weighted by Crippen LogP contribution is 2.12. The summed E-state index contributed by atoms with van der Waals surface area (Å²) in [5, 5.41) is 6.60. The van der Waals surface area contributed by atoms with E-state index in [1.807, 2.05) is 24.4 Å². The van der Waals surface area contributed by atoms with Crippen LogP contribution in [0, 0.1) is 0 Å². The summed E-state index contributed by atoms with van der Waals surface area (Å²) >= 11 is 0. The number of fused-ring (bicyclic) bond motifs is 1. The number of carbonyl (C=O) groups excluding carboxylic acids is 1. The zero-order valence-electron chi connectivity index (χ0n) is 10.8. The van der Waals surface area contributed by atoms with Crippen molar-refractivity contribution >= 4 is 17.1 Å². The summed E-state index contributed by atoms with van der Waals surface area (Å²) in [6.07, 6.45) is 6.33. The Morgan fingerprint density at radius 1 is 1.42 bits per heavy atom. The van der Waals surface area contributed by atoms with Crippen molar-refractivity contribution in [3.8, 4) is 0 Å². The molecular formula is C14H18N4O. The van der Waals surface area contributed by atoms with Gasteiger partial charge in [0.15, 0.2) is 0 Å². The van der Waals surface area contributed by atoms with Crippen LogP contribution in [0.3, 0.4) is 0 Å². The fraction of sp³-hybridized carbons (Fsp3) is 0.286. The molecule has 0 saturated carbocycles. The van der Waals surface area contributed by atoms with E-state index in [2.05, 4.69) is 26.8 Å². The van der Waals surface area contributed by atoms with Crippen LogP contribution in [0.5, 0.6) is 0 Å². The number of rotatable bonds is 6. The number of aromatic nitrogens is 2. The van der Waals surface area contributed by atoms with Gasteiger partial charge in [-0.2, -0.15) is 0 Å². The van der Waals surface area contributed by atoms with Gasteiger partial charge in [0.25, 0.3) is 0 Å². The standard InChI is InChI=1S/C14H18N4O/c1-2-7-16-14(19)17-9-4-10-18-11-6-12-5-3-8-15-13(12)18/h2-3,5-6,8,11H,1,4,7,9-10H2,(H2,16,17,19). The van der Waals surface area contributed by atoms with Crippen LogP contribution in [0.1, 0.15) is 6.42 Å². The number of urea groups is 1. The monoisotopic (exact) mass is 258 g/mol. The van der Waals surface area contributed by atoms with E-state index in [-0.39, 0.29) is 6.03 Å². The maximum absolute atomic E-state index is 11.3. The lowest BCUT2D eigenvalue weighted by Crippen LogP contribution is -2.36. The highest BCUT2D eigenvalue weighted by molar-refractivity contribution is 5.75. The summed E-state index contributed by atoms with van der Waals surface area (Å²) in [4.78, 5) is 15.6. The average Bonchev–Trinajstić information content (AvgIpc) is 2.85. The molecule has 0 saturated heterocycles. The molecule has 0 bridgehead atoms. The molecule has 19 heavy (non-hydrogen) atoms. The van der Waals surface area contributed by atoms with E-state index in [4.69, 9.17) is 0 Å². The lowest BCUT2D eigenvalue weighted by molar-refractivity contribution is 0.241. The Labute approximate surface area is 112 Å². The third-order valence-corrected chi connectivity index (χ3v) is 2.79. The van der Waals surface area contributed by atoms with Gasteiger partial charge >= 0.3 is 6.03 Å². The summed E-state index contributed by atoms with van der Waals surface area (Å²) in [7, 11) is 0. The number of pyridine rings is 1. The van der Waals surface area contributed by atoms with Crippen LogP contribution in [-0.2, 0) is 6.54 Å². The van der Waals surface area contributed by atoms with Gasteiger partial charge in [-0.25, -0.2) is 9.78 Å². The first kappa shape index (κ1) is 13.1. The molecular weight excluding hydrogens is 240 g/mol. The molecule has 0 aromatic carbocycles. The molecule has 0 radical (unpaired) electrons. The quantitative estimate of drug-likeness (QED) is 0.614. The third kappa shape index (κ3) is 3.58. The molecule has 2 aromatic rings. The molecule has 5 nitrogen and oxygen atoms in total. The second kappa shape index (κ2) is 6.58. The number of amides is 2. The van der Waals surface area contributed by atoms with Crippen molar-refractivity contribution in [2.45, 2.75) is 13.0 Å². The van der Waals surface area contributed by atoms with Gasteiger partial charge in [0, 0.05) is 37.4 Å². The number of hydrogen-bond donors (Lipinski definition) is 2. The van der Waals surface area contributed by atoms with Crippen LogP contribution in [0.4, 0.5) is 4.79 Å². The summed E-state index contributed by atoms with van der Waals surface area (Å²) in [5.41, 5.74) is 0.985. The van der Waals surface area contributed by atoms with Gasteiger partial charge < -0.3 is 15.2 Å². The summed E-state index contributed by atoms with van der Waals surface area (Å²) in [5.74, 6) is 0. The second-order valence-electron chi connectivity index (χ2n) is 4.20. The molecule has 100 valence electrons. The number of nitrogens with zero attached hydrogens (tertiary/aromatic N) is 2. The Balaban J connectivity index is 1.77. The summed E-state index contributed by atoms with van der Waals surface area (Å²) < 4.78 is 2.10.